The molecule has 1 aliphatic heterocycles. The molecule has 4 aromatic heterocycles. The summed E-state index contributed by atoms with van der Waals surface area (Å²) in [7, 11) is 6.73. The first-order chi connectivity index (χ1) is 44.5. The number of nitrogens with zero attached hydrogens (tertiary/aromatic N) is 8. The van der Waals surface area contributed by atoms with E-state index in [0.717, 1.165) is 178 Å². The van der Waals surface area contributed by atoms with E-state index in [4.69, 9.17) is 43.6 Å². The van der Waals surface area contributed by atoms with Gasteiger partial charge in [-0.25, -0.2) is 24.7 Å². The quantitative estimate of drug-likeness (QED) is 0.0472. The number of imidazole rings is 2. The lowest BCUT2D eigenvalue weighted by Gasteiger charge is -2.36. The highest BCUT2D eigenvalue weighted by Gasteiger charge is 2.28. The molecule has 6 aromatic carbocycles. The van der Waals surface area contributed by atoms with Gasteiger partial charge >= 0.3 is 6.09 Å². The van der Waals surface area contributed by atoms with Gasteiger partial charge in [0, 0.05) is 95.3 Å². The average molecular weight is 1340 g/mol. The number of ether oxygens (including phenoxy) is 5. The molecular weight excluding hydrogens is 1250 g/mol. The van der Waals surface area contributed by atoms with Crippen molar-refractivity contribution in [3.8, 4) is 23.0 Å². The second-order valence-electron chi connectivity index (χ2n) is 24.5. The van der Waals surface area contributed by atoms with Crippen LogP contribution < -0.4 is 34.5 Å². The average Bonchev–Trinajstić information content (AvgIpc) is 1.55. The van der Waals surface area contributed by atoms with Crippen molar-refractivity contribution in [1.82, 2.24) is 34.0 Å². The van der Waals surface area contributed by atoms with Crippen LogP contribution in [-0.4, -0.2) is 110 Å². The number of anilines is 3. The van der Waals surface area contributed by atoms with Crippen molar-refractivity contribution in [2.24, 2.45) is 0 Å². The van der Waals surface area contributed by atoms with Crippen LogP contribution in [0.1, 0.15) is 131 Å². The maximum Gasteiger partial charge on any atom is 0.410 e. The number of carbonyl (C=O) groups is 1. The molecule has 0 atom stereocenters. The molecule has 0 bridgehead atoms. The third-order valence-corrected chi connectivity index (χ3v) is 17.3. The van der Waals surface area contributed by atoms with E-state index in [2.05, 4.69) is 117 Å². The van der Waals surface area contributed by atoms with Crippen LogP contribution in [0.4, 0.5) is 22.1 Å². The number of hydrogen-bond acceptors (Lipinski definition) is 15. The number of piperazine rings is 1. The van der Waals surface area contributed by atoms with Gasteiger partial charge in [-0.05, 0) is 130 Å². The van der Waals surface area contributed by atoms with Crippen LogP contribution in [0.25, 0.3) is 43.9 Å². The molecule has 0 spiro atoms. The number of halogens is 1. The summed E-state index contributed by atoms with van der Waals surface area (Å²) in [6.45, 7) is 18.8. The SMILES string of the molecule is C.C.CCCCc1nc2c(NCc3ccc(C)cc3OC)nc3ccc(Br)cc3c2n1Cc1ccc(CO)cc1OC.CCCCc1nc2c(NCc3ccc(C)cc3OC)nc3ccc(N4CCN(C(=O)OC(C)(C)C)CC4)cc3c2n1Cc1ccc(CO)cc1OC. The third-order valence-electron chi connectivity index (χ3n) is 16.8. The van der Waals surface area contributed by atoms with Crippen LogP contribution >= 0.6 is 15.9 Å². The third kappa shape index (κ3) is 16.3. The number of methoxy groups -OCH3 is 4. The Kier molecular flexibility index (Phi) is 24.2. The highest BCUT2D eigenvalue weighted by molar-refractivity contribution is 9.10. The number of benzene rings is 6. The number of aliphatic hydroxyl groups excluding tert-OH is 2. The Balaban J connectivity index is 0.000000244. The fraction of sp³-hybridized carbons (Fsp3) is 0.400. The summed E-state index contributed by atoms with van der Waals surface area (Å²) in [6, 6.07) is 36.8. The molecule has 11 rings (SSSR count). The van der Waals surface area contributed by atoms with Gasteiger partial charge < -0.3 is 63.5 Å². The van der Waals surface area contributed by atoms with Crippen molar-refractivity contribution >= 4 is 83.2 Å². The molecule has 4 N–H and O–H groups in total. The Bertz CT molecular complexity index is 4250. The summed E-state index contributed by atoms with van der Waals surface area (Å²) in [5, 5.41) is 28.7. The molecule has 0 aliphatic carbocycles. The van der Waals surface area contributed by atoms with E-state index in [1.807, 2.05) is 81.4 Å². The predicted molar refractivity (Wildman–Crippen MR) is 385 cm³/mol. The molecule has 1 fully saturated rings. The van der Waals surface area contributed by atoms with E-state index in [1.54, 1.807) is 33.3 Å². The van der Waals surface area contributed by atoms with Crippen molar-refractivity contribution in [1.29, 1.82) is 0 Å². The number of hydrogen-bond donors (Lipinski definition) is 4. The Labute approximate surface area is 562 Å². The van der Waals surface area contributed by atoms with Gasteiger partial charge in [-0.3, -0.25) is 0 Å². The second-order valence-corrected chi connectivity index (χ2v) is 25.4. The summed E-state index contributed by atoms with van der Waals surface area (Å²) in [6.07, 6.45) is 5.51. The first kappa shape index (κ1) is 71.2. The van der Waals surface area contributed by atoms with E-state index in [-0.39, 0.29) is 34.2 Å². The number of fused-ring (bicyclic) bond motifs is 6. The van der Waals surface area contributed by atoms with E-state index in [1.165, 1.54) is 0 Å². The van der Waals surface area contributed by atoms with Crippen molar-refractivity contribution in [3.05, 3.63) is 170 Å². The number of amides is 1. The number of aliphatic hydroxyl groups is 2. The number of aryl methyl sites for hydroxylation is 4. The van der Waals surface area contributed by atoms with Crippen molar-refractivity contribution in [3.63, 3.8) is 0 Å². The second kappa shape index (κ2) is 32.0. The Morgan fingerprint density at radius 1 is 0.553 bits per heavy atom. The molecule has 18 nitrogen and oxygen atoms in total. The molecule has 1 saturated heterocycles. The van der Waals surface area contributed by atoms with Gasteiger partial charge in [-0.15, -0.1) is 0 Å². The lowest BCUT2D eigenvalue weighted by atomic mass is 10.1. The molecule has 19 heteroatoms. The van der Waals surface area contributed by atoms with Gasteiger partial charge in [0.15, 0.2) is 11.6 Å². The molecule has 0 saturated carbocycles. The molecule has 10 aromatic rings. The van der Waals surface area contributed by atoms with E-state index in [0.29, 0.717) is 58.2 Å². The van der Waals surface area contributed by atoms with Crippen LogP contribution in [0.3, 0.4) is 0 Å². The number of pyridine rings is 2. The molecule has 0 radical (unpaired) electrons. The normalized spacial score (nSPS) is 12.3. The summed E-state index contributed by atoms with van der Waals surface area (Å²) < 4.78 is 34.2. The van der Waals surface area contributed by atoms with Crippen molar-refractivity contribution in [2.45, 2.75) is 147 Å². The Morgan fingerprint density at radius 2 is 0.989 bits per heavy atom. The Morgan fingerprint density at radius 3 is 1.43 bits per heavy atom. The first-order valence-electron chi connectivity index (χ1n) is 31.8. The van der Waals surface area contributed by atoms with Crippen LogP contribution in [0, 0.1) is 13.8 Å². The van der Waals surface area contributed by atoms with E-state index >= 15 is 0 Å². The zero-order chi connectivity index (χ0) is 65.2. The summed E-state index contributed by atoms with van der Waals surface area (Å²) in [5.74, 6) is 6.59. The minimum absolute atomic E-state index is 0. The van der Waals surface area contributed by atoms with Gasteiger partial charge in [-0.2, -0.15) is 0 Å². The van der Waals surface area contributed by atoms with Crippen molar-refractivity contribution in [2.75, 3.05) is 70.2 Å². The zero-order valence-electron chi connectivity index (χ0n) is 55.0. The van der Waals surface area contributed by atoms with Gasteiger partial charge in [0.2, 0.25) is 0 Å². The van der Waals surface area contributed by atoms with Crippen LogP contribution in [0.15, 0.2) is 114 Å². The topological polar surface area (TPSA) is 196 Å². The molecule has 0 unspecified atom stereocenters. The molecule has 5 heterocycles. The molecular formula is C75H95BrN10O8. The number of aromatic nitrogens is 6. The van der Waals surface area contributed by atoms with Gasteiger partial charge in [0.25, 0.3) is 0 Å². The zero-order valence-corrected chi connectivity index (χ0v) is 56.6. The fourth-order valence-corrected chi connectivity index (χ4v) is 12.2. The molecule has 94 heavy (non-hydrogen) atoms. The number of unbranched alkanes of at least 4 members (excludes halogenated alkanes) is 2. The fourth-order valence-electron chi connectivity index (χ4n) is 11.9. The highest BCUT2D eigenvalue weighted by Crippen LogP contribution is 2.38. The van der Waals surface area contributed by atoms with Gasteiger partial charge in [0.1, 0.15) is 51.3 Å². The lowest BCUT2D eigenvalue weighted by molar-refractivity contribution is 0.0240. The monoisotopic (exact) mass is 1340 g/mol. The van der Waals surface area contributed by atoms with Crippen LogP contribution in [-0.2, 0) is 57.0 Å². The van der Waals surface area contributed by atoms with Gasteiger partial charge in [-0.1, -0.05) is 106 Å². The maximum atomic E-state index is 12.8. The predicted octanol–water partition coefficient (Wildman–Crippen LogP) is 15.9. The minimum Gasteiger partial charge on any atom is -0.496 e. The maximum absolute atomic E-state index is 12.8. The lowest BCUT2D eigenvalue weighted by Crippen LogP contribution is -2.50. The largest absolute Gasteiger partial charge is 0.496 e. The van der Waals surface area contributed by atoms with Gasteiger partial charge in [0.05, 0.1) is 76.8 Å². The summed E-state index contributed by atoms with van der Waals surface area (Å²) in [5.41, 5.74) is 14.0. The van der Waals surface area contributed by atoms with E-state index < -0.39 is 5.60 Å². The highest BCUT2D eigenvalue weighted by atomic mass is 79.9. The first-order valence-corrected chi connectivity index (χ1v) is 32.6. The number of nitrogens with one attached hydrogen (secondary N) is 2. The van der Waals surface area contributed by atoms with Crippen LogP contribution in [0.5, 0.6) is 23.0 Å². The minimum atomic E-state index is -0.533. The number of rotatable bonds is 23. The van der Waals surface area contributed by atoms with Crippen LogP contribution in [0.2, 0.25) is 0 Å². The molecule has 1 amide bonds. The molecule has 500 valence electrons. The standard InChI is InChI=1S/C41H52N6O5.C32H35BrN4O3.2CH4/c1-8-9-10-36-44-37-38(47(36)25-30-14-12-28(26-48)22-35(30)51-7)32-23-31(45-17-19-46(20-18-45)40(49)52-41(3,4)5)15-16-33(32)43-39(37)42-24-29-13-11-27(2)21-34(29)50-6;1-5-6-7-29-36-30-31(37(29)18-23-11-9-21(19-38)15-28(23)40-4)25-16-24(33)12-13-26(25)35-32(30)34-17-22-10-8-20(2)14-27(22)39-3;;/h11-16,21-23,48H,8-10,17-20,24-26H2,1-7H3,(H,42,43);8-16,38H,5-7,17-19H2,1-4H3,(H,34,35);2*1H4. The smallest absolute Gasteiger partial charge is 0.410 e. The summed E-state index contributed by atoms with van der Waals surface area (Å²) in [4.78, 5) is 37.6. The molecule has 1 aliphatic rings. The summed E-state index contributed by atoms with van der Waals surface area (Å²) >= 11 is 3.67. The van der Waals surface area contributed by atoms with Crippen molar-refractivity contribution < 1.29 is 38.7 Å². The van der Waals surface area contributed by atoms with E-state index in [9.17, 15) is 15.0 Å². The Hall–Kier alpha value is -8.65. The number of carbonyl (C=O) groups excluding carboxylic acids is 1.